The van der Waals surface area contributed by atoms with E-state index in [9.17, 15) is 14.4 Å². The third kappa shape index (κ3) is 2.73. The topological polar surface area (TPSA) is 75.0 Å². The number of rotatable bonds is 2. The lowest BCUT2D eigenvalue weighted by Gasteiger charge is -2.34. The molecule has 2 amide bonds. The average molecular weight is 348 g/mol. The molecule has 26 heavy (non-hydrogen) atoms. The van der Waals surface area contributed by atoms with Gasteiger partial charge in [0.05, 0.1) is 0 Å². The fourth-order valence-electron chi connectivity index (χ4n) is 3.07. The highest BCUT2D eigenvalue weighted by atomic mass is 16.2. The average Bonchev–Trinajstić information content (AvgIpc) is 2.68. The van der Waals surface area contributed by atoms with Crippen LogP contribution in [0.1, 0.15) is 10.4 Å². The molecule has 1 saturated heterocycles. The normalized spacial score (nSPS) is 14.7. The molecule has 0 saturated carbocycles. The number of carbonyl (C=O) groups excluding carboxylic acids is 2. The van der Waals surface area contributed by atoms with Crippen molar-refractivity contribution in [3.8, 4) is 0 Å². The van der Waals surface area contributed by atoms with E-state index in [0.717, 1.165) is 5.69 Å². The van der Waals surface area contributed by atoms with Crippen molar-refractivity contribution in [3.63, 3.8) is 0 Å². The number of benzene rings is 1. The molecule has 0 atom stereocenters. The second-order valence-electron chi connectivity index (χ2n) is 6.01. The Labute approximate surface area is 149 Å². The zero-order valence-electron chi connectivity index (χ0n) is 13.9. The molecule has 7 heteroatoms. The quantitative estimate of drug-likeness (QED) is 0.697. The summed E-state index contributed by atoms with van der Waals surface area (Å²) in [7, 11) is 0. The number of anilines is 1. The summed E-state index contributed by atoms with van der Waals surface area (Å²) >= 11 is 0. The largest absolute Gasteiger partial charge is 0.327 e. The third-order valence-corrected chi connectivity index (χ3v) is 4.42. The molecule has 0 spiro atoms. The Hall–Kier alpha value is -3.48. The Morgan fingerprint density at radius 3 is 2.50 bits per heavy atom. The van der Waals surface area contributed by atoms with Crippen LogP contribution in [0.25, 0.3) is 5.65 Å². The van der Waals surface area contributed by atoms with Crippen LogP contribution in [-0.4, -0.2) is 45.7 Å². The first kappa shape index (κ1) is 16.0. The van der Waals surface area contributed by atoms with Crippen molar-refractivity contribution in [1.82, 2.24) is 14.3 Å². The number of amides is 2. The zero-order chi connectivity index (χ0) is 18.1. The van der Waals surface area contributed by atoms with E-state index in [0.29, 0.717) is 18.7 Å². The summed E-state index contributed by atoms with van der Waals surface area (Å²) < 4.78 is 1.33. The smallest absolute Gasteiger partial charge is 0.270 e. The van der Waals surface area contributed by atoms with Crippen molar-refractivity contribution in [1.29, 1.82) is 0 Å². The van der Waals surface area contributed by atoms with E-state index in [1.54, 1.807) is 29.3 Å². The van der Waals surface area contributed by atoms with Crippen molar-refractivity contribution >= 4 is 23.1 Å². The lowest BCUT2D eigenvalue weighted by molar-refractivity contribution is -0.120. The molecule has 3 aromatic rings. The van der Waals surface area contributed by atoms with Crippen molar-refractivity contribution in [3.05, 3.63) is 76.8 Å². The number of nitrogens with zero attached hydrogens (tertiary/aromatic N) is 4. The van der Waals surface area contributed by atoms with E-state index in [-0.39, 0.29) is 18.0 Å². The second-order valence-corrected chi connectivity index (χ2v) is 6.01. The SMILES string of the molecule is O=C(c1cnc2ccccn2c1=O)N1CCN(c2ccccc2)C(=O)C1. The van der Waals surface area contributed by atoms with E-state index in [1.807, 2.05) is 30.3 Å². The fraction of sp³-hybridized carbons (Fsp3) is 0.158. The number of hydrogen-bond acceptors (Lipinski definition) is 4. The highest BCUT2D eigenvalue weighted by Gasteiger charge is 2.30. The van der Waals surface area contributed by atoms with E-state index in [4.69, 9.17) is 0 Å². The molecular formula is C19H16N4O3. The monoisotopic (exact) mass is 348 g/mol. The van der Waals surface area contributed by atoms with E-state index >= 15 is 0 Å². The van der Waals surface area contributed by atoms with Crippen LogP contribution in [0.3, 0.4) is 0 Å². The molecule has 2 aromatic heterocycles. The predicted octanol–water partition coefficient (Wildman–Crippen LogP) is 1.18. The Bertz CT molecular complexity index is 1050. The van der Waals surface area contributed by atoms with Crippen LogP contribution in [-0.2, 0) is 4.79 Å². The molecule has 1 aromatic carbocycles. The van der Waals surface area contributed by atoms with Gasteiger partial charge in [0, 0.05) is 31.2 Å². The van der Waals surface area contributed by atoms with Gasteiger partial charge in [-0.1, -0.05) is 24.3 Å². The van der Waals surface area contributed by atoms with Crippen LogP contribution in [0.2, 0.25) is 0 Å². The van der Waals surface area contributed by atoms with Crippen molar-refractivity contribution in [2.24, 2.45) is 0 Å². The zero-order valence-corrected chi connectivity index (χ0v) is 13.9. The first-order valence-electron chi connectivity index (χ1n) is 8.26. The Morgan fingerprint density at radius 2 is 1.73 bits per heavy atom. The van der Waals surface area contributed by atoms with Gasteiger partial charge in [0.25, 0.3) is 11.5 Å². The fourth-order valence-corrected chi connectivity index (χ4v) is 3.07. The number of fused-ring (bicyclic) bond motifs is 1. The first-order valence-corrected chi connectivity index (χ1v) is 8.26. The van der Waals surface area contributed by atoms with Gasteiger partial charge in [-0.3, -0.25) is 18.8 Å². The predicted molar refractivity (Wildman–Crippen MR) is 96.2 cm³/mol. The van der Waals surface area contributed by atoms with E-state index in [1.165, 1.54) is 15.5 Å². The van der Waals surface area contributed by atoms with E-state index < -0.39 is 11.5 Å². The standard InChI is InChI=1S/C19H16N4O3/c24-17-13-21(10-11-22(17)14-6-2-1-3-7-14)18(25)15-12-20-16-8-4-5-9-23(16)19(15)26/h1-9,12H,10-11,13H2. The highest BCUT2D eigenvalue weighted by Crippen LogP contribution is 2.17. The highest BCUT2D eigenvalue weighted by molar-refractivity contribution is 6.01. The number of carbonyl (C=O) groups is 2. The minimum atomic E-state index is -0.471. The van der Waals surface area contributed by atoms with Crippen LogP contribution in [0.4, 0.5) is 5.69 Å². The van der Waals surface area contributed by atoms with Gasteiger partial charge >= 0.3 is 0 Å². The molecule has 130 valence electrons. The van der Waals surface area contributed by atoms with Gasteiger partial charge in [0.2, 0.25) is 5.91 Å². The lowest BCUT2D eigenvalue weighted by Crippen LogP contribution is -2.53. The summed E-state index contributed by atoms with van der Waals surface area (Å²) in [5, 5.41) is 0. The number of piperazine rings is 1. The molecule has 0 N–H and O–H groups in total. The third-order valence-electron chi connectivity index (χ3n) is 4.42. The van der Waals surface area contributed by atoms with Gasteiger partial charge in [-0.05, 0) is 24.3 Å². The number of hydrogen-bond donors (Lipinski definition) is 0. The van der Waals surface area contributed by atoms with Crippen LogP contribution in [0, 0.1) is 0 Å². The summed E-state index contributed by atoms with van der Waals surface area (Å²) in [4.78, 5) is 45.0. The van der Waals surface area contributed by atoms with Crippen LogP contribution in [0.5, 0.6) is 0 Å². The minimum absolute atomic E-state index is 0.0327. The Kier molecular flexibility index (Phi) is 3.96. The Balaban J connectivity index is 1.58. The number of para-hydroxylation sites is 1. The van der Waals surface area contributed by atoms with Crippen molar-refractivity contribution < 1.29 is 9.59 Å². The van der Waals surface area contributed by atoms with Gasteiger partial charge in [0.1, 0.15) is 17.8 Å². The van der Waals surface area contributed by atoms with Gasteiger partial charge in [-0.15, -0.1) is 0 Å². The van der Waals surface area contributed by atoms with E-state index in [2.05, 4.69) is 4.98 Å². The summed E-state index contributed by atoms with van der Waals surface area (Å²) in [6.45, 7) is 0.679. The molecule has 0 radical (unpaired) electrons. The molecule has 0 aliphatic carbocycles. The summed E-state index contributed by atoms with van der Waals surface area (Å²) in [5.41, 5.74) is 0.810. The molecule has 1 aliphatic heterocycles. The lowest BCUT2D eigenvalue weighted by atomic mass is 10.2. The molecule has 4 rings (SSSR count). The van der Waals surface area contributed by atoms with Gasteiger partial charge in [-0.2, -0.15) is 0 Å². The minimum Gasteiger partial charge on any atom is -0.327 e. The van der Waals surface area contributed by atoms with Crippen LogP contribution >= 0.6 is 0 Å². The van der Waals surface area contributed by atoms with Gasteiger partial charge < -0.3 is 9.80 Å². The number of pyridine rings is 1. The second kappa shape index (κ2) is 6.44. The van der Waals surface area contributed by atoms with Gasteiger partial charge in [-0.25, -0.2) is 4.98 Å². The molecule has 1 fully saturated rings. The first-order chi connectivity index (χ1) is 12.6. The Morgan fingerprint density at radius 1 is 0.962 bits per heavy atom. The summed E-state index contributed by atoms with van der Waals surface area (Å²) in [6.07, 6.45) is 2.86. The summed E-state index contributed by atoms with van der Waals surface area (Å²) in [6, 6.07) is 14.5. The maximum atomic E-state index is 12.8. The maximum absolute atomic E-state index is 12.8. The maximum Gasteiger partial charge on any atom is 0.270 e. The van der Waals surface area contributed by atoms with Crippen molar-refractivity contribution in [2.75, 3.05) is 24.5 Å². The molecule has 0 bridgehead atoms. The molecule has 3 heterocycles. The van der Waals surface area contributed by atoms with Crippen molar-refractivity contribution in [2.45, 2.75) is 0 Å². The molecule has 0 unspecified atom stereocenters. The number of aromatic nitrogens is 2. The van der Waals surface area contributed by atoms with Crippen LogP contribution < -0.4 is 10.5 Å². The van der Waals surface area contributed by atoms with Crippen LogP contribution in [0.15, 0.2) is 65.7 Å². The molecular weight excluding hydrogens is 332 g/mol. The molecule has 1 aliphatic rings. The molecule has 7 nitrogen and oxygen atoms in total. The summed E-state index contributed by atoms with van der Waals surface area (Å²) in [5.74, 6) is -0.647. The van der Waals surface area contributed by atoms with Gasteiger partial charge in [0.15, 0.2) is 0 Å².